The summed E-state index contributed by atoms with van der Waals surface area (Å²) in [5, 5.41) is 0.636. The zero-order valence-electron chi connectivity index (χ0n) is 16.7. The first-order valence-corrected chi connectivity index (χ1v) is 10.5. The average Bonchev–Trinajstić information content (AvgIpc) is 3.25. The summed E-state index contributed by atoms with van der Waals surface area (Å²) in [5.74, 6) is 0.624. The van der Waals surface area contributed by atoms with E-state index in [1.54, 1.807) is 36.5 Å². The minimum atomic E-state index is -0.137. The second kappa shape index (κ2) is 8.12. The van der Waals surface area contributed by atoms with Gasteiger partial charge in [-0.2, -0.15) is 0 Å². The molecule has 0 aliphatic heterocycles. The SMILES string of the molecule is COc1ccc2nc(N(Cc3ccccc3)C(=O)c3ccc4nccnc4c3)sc2c1. The number of carbonyl (C=O) groups excluding carboxylic acids is 1. The van der Waals surface area contributed by atoms with Gasteiger partial charge in [0, 0.05) is 18.0 Å². The van der Waals surface area contributed by atoms with Crippen molar-refractivity contribution >= 4 is 43.6 Å². The molecule has 31 heavy (non-hydrogen) atoms. The molecule has 0 aliphatic rings. The summed E-state index contributed by atoms with van der Waals surface area (Å²) in [7, 11) is 1.64. The molecule has 0 spiro atoms. The van der Waals surface area contributed by atoms with E-state index in [0.717, 1.165) is 27.0 Å². The third-order valence-corrected chi connectivity index (χ3v) is 6.00. The van der Waals surface area contributed by atoms with Gasteiger partial charge in [-0.1, -0.05) is 41.7 Å². The van der Waals surface area contributed by atoms with Crippen LogP contribution in [-0.2, 0) is 6.54 Å². The highest BCUT2D eigenvalue weighted by Crippen LogP contribution is 2.33. The van der Waals surface area contributed by atoms with E-state index >= 15 is 0 Å². The van der Waals surface area contributed by atoms with Crippen molar-refractivity contribution in [3.63, 3.8) is 0 Å². The third-order valence-electron chi connectivity index (χ3n) is 4.96. The zero-order valence-corrected chi connectivity index (χ0v) is 17.5. The van der Waals surface area contributed by atoms with Gasteiger partial charge in [-0.25, -0.2) is 4.98 Å². The van der Waals surface area contributed by atoms with Gasteiger partial charge in [0.15, 0.2) is 5.13 Å². The maximum atomic E-state index is 13.6. The van der Waals surface area contributed by atoms with Crippen LogP contribution in [0.1, 0.15) is 15.9 Å². The van der Waals surface area contributed by atoms with Crippen LogP contribution >= 0.6 is 11.3 Å². The summed E-state index contributed by atoms with van der Waals surface area (Å²) in [6, 6.07) is 21.0. The van der Waals surface area contributed by atoms with Crippen molar-refractivity contribution in [1.82, 2.24) is 15.0 Å². The lowest BCUT2D eigenvalue weighted by molar-refractivity contribution is 0.0985. The monoisotopic (exact) mass is 426 g/mol. The Balaban J connectivity index is 1.58. The summed E-state index contributed by atoms with van der Waals surface area (Å²) in [5.41, 5.74) is 3.83. The van der Waals surface area contributed by atoms with E-state index in [9.17, 15) is 4.79 Å². The lowest BCUT2D eigenvalue weighted by Crippen LogP contribution is -2.30. The molecule has 0 aliphatic carbocycles. The summed E-state index contributed by atoms with van der Waals surface area (Å²) in [6.07, 6.45) is 3.26. The molecule has 5 aromatic rings. The fraction of sp³-hybridized carbons (Fsp3) is 0.0833. The van der Waals surface area contributed by atoms with E-state index in [1.165, 1.54) is 11.3 Å². The summed E-state index contributed by atoms with van der Waals surface area (Å²) < 4.78 is 6.29. The summed E-state index contributed by atoms with van der Waals surface area (Å²) in [6.45, 7) is 0.412. The minimum Gasteiger partial charge on any atom is -0.497 e. The fourth-order valence-corrected chi connectivity index (χ4v) is 4.37. The Bertz CT molecular complexity index is 1380. The lowest BCUT2D eigenvalue weighted by atomic mass is 10.1. The maximum absolute atomic E-state index is 13.6. The number of carbonyl (C=O) groups is 1. The van der Waals surface area contributed by atoms with E-state index in [1.807, 2.05) is 54.6 Å². The van der Waals surface area contributed by atoms with Crippen LogP contribution in [0.5, 0.6) is 5.75 Å². The molecule has 0 radical (unpaired) electrons. The Labute approximate surface area is 182 Å². The summed E-state index contributed by atoms with van der Waals surface area (Å²) in [4.78, 5) is 28.7. The first kappa shape index (κ1) is 19.1. The van der Waals surface area contributed by atoms with Gasteiger partial charge in [-0.05, 0) is 42.0 Å². The molecule has 5 rings (SSSR count). The van der Waals surface area contributed by atoms with Crippen molar-refractivity contribution < 1.29 is 9.53 Å². The molecule has 0 unspecified atom stereocenters. The first-order valence-electron chi connectivity index (χ1n) is 9.72. The summed E-state index contributed by atoms with van der Waals surface area (Å²) >= 11 is 1.47. The van der Waals surface area contributed by atoms with Crippen LogP contribution in [0, 0.1) is 0 Å². The molecule has 2 aromatic heterocycles. The number of hydrogen-bond donors (Lipinski definition) is 0. The highest BCUT2D eigenvalue weighted by molar-refractivity contribution is 7.22. The molecule has 7 heteroatoms. The molecule has 0 fully saturated rings. The molecule has 0 saturated heterocycles. The van der Waals surface area contributed by atoms with Crippen molar-refractivity contribution in [1.29, 1.82) is 0 Å². The molecule has 0 atom stereocenters. The third kappa shape index (κ3) is 3.83. The van der Waals surface area contributed by atoms with E-state index < -0.39 is 0 Å². The van der Waals surface area contributed by atoms with Gasteiger partial charge in [0.25, 0.3) is 5.91 Å². The van der Waals surface area contributed by atoms with Crippen molar-refractivity contribution in [2.45, 2.75) is 6.54 Å². The Morgan fingerprint density at radius 1 is 0.935 bits per heavy atom. The normalized spacial score (nSPS) is 11.0. The molecule has 2 heterocycles. The van der Waals surface area contributed by atoms with Gasteiger partial charge in [0.2, 0.25) is 0 Å². The van der Waals surface area contributed by atoms with Gasteiger partial charge in [0.05, 0.1) is 34.9 Å². The van der Waals surface area contributed by atoms with Crippen LogP contribution in [-0.4, -0.2) is 28.0 Å². The number of hydrogen-bond acceptors (Lipinski definition) is 6. The van der Waals surface area contributed by atoms with E-state index in [2.05, 4.69) is 9.97 Å². The Morgan fingerprint density at radius 3 is 2.52 bits per heavy atom. The molecule has 1 amide bonds. The average molecular weight is 427 g/mol. The van der Waals surface area contributed by atoms with Gasteiger partial charge < -0.3 is 4.74 Å². The number of methoxy groups -OCH3 is 1. The number of aromatic nitrogens is 3. The number of ether oxygens (including phenoxy) is 1. The van der Waals surface area contributed by atoms with Gasteiger partial charge in [-0.3, -0.25) is 19.7 Å². The predicted octanol–water partition coefficient (Wildman–Crippen LogP) is 5.10. The molecule has 0 N–H and O–H groups in total. The van der Waals surface area contributed by atoms with Crippen LogP contribution < -0.4 is 9.64 Å². The van der Waals surface area contributed by atoms with E-state index in [0.29, 0.717) is 22.8 Å². The van der Waals surface area contributed by atoms with Gasteiger partial charge in [0.1, 0.15) is 5.75 Å². The highest BCUT2D eigenvalue weighted by atomic mass is 32.1. The smallest absolute Gasteiger partial charge is 0.260 e. The molecular weight excluding hydrogens is 408 g/mol. The number of anilines is 1. The molecule has 6 nitrogen and oxygen atoms in total. The largest absolute Gasteiger partial charge is 0.497 e. The molecule has 152 valence electrons. The van der Waals surface area contributed by atoms with Crippen molar-refractivity contribution in [3.8, 4) is 5.75 Å². The van der Waals surface area contributed by atoms with Gasteiger partial charge in [-0.15, -0.1) is 0 Å². The van der Waals surface area contributed by atoms with Crippen LogP contribution in [0.2, 0.25) is 0 Å². The number of amides is 1. The zero-order chi connectivity index (χ0) is 21.2. The molecule has 3 aromatic carbocycles. The van der Waals surface area contributed by atoms with E-state index in [4.69, 9.17) is 9.72 Å². The predicted molar refractivity (Wildman–Crippen MR) is 123 cm³/mol. The van der Waals surface area contributed by atoms with Crippen LogP contribution in [0.4, 0.5) is 5.13 Å². The van der Waals surface area contributed by atoms with Crippen molar-refractivity contribution in [3.05, 3.63) is 90.3 Å². The minimum absolute atomic E-state index is 0.137. The number of nitrogens with zero attached hydrogens (tertiary/aromatic N) is 4. The topological polar surface area (TPSA) is 68.2 Å². The standard InChI is InChI=1S/C24H18N4O2S/c1-30-18-8-10-20-22(14-18)31-24(27-20)28(15-16-5-3-2-4-6-16)23(29)17-7-9-19-21(13-17)26-12-11-25-19/h2-14H,15H2,1H3. The number of rotatable bonds is 5. The second-order valence-corrected chi connectivity index (χ2v) is 7.98. The molecule has 0 bridgehead atoms. The molecule has 0 saturated carbocycles. The van der Waals surface area contributed by atoms with Crippen LogP contribution in [0.3, 0.4) is 0 Å². The van der Waals surface area contributed by atoms with Gasteiger partial charge >= 0.3 is 0 Å². The van der Waals surface area contributed by atoms with Crippen LogP contribution in [0.15, 0.2) is 79.1 Å². The molecular formula is C24H18N4O2S. The van der Waals surface area contributed by atoms with Crippen molar-refractivity contribution in [2.75, 3.05) is 12.0 Å². The maximum Gasteiger partial charge on any atom is 0.260 e. The fourth-order valence-electron chi connectivity index (χ4n) is 3.38. The first-order chi connectivity index (χ1) is 15.2. The second-order valence-electron chi connectivity index (χ2n) is 6.97. The lowest BCUT2D eigenvalue weighted by Gasteiger charge is -2.20. The van der Waals surface area contributed by atoms with E-state index in [-0.39, 0.29) is 5.91 Å². The number of thiazole rings is 1. The number of benzene rings is 3. The Morgan fingerprint density at radius 2 is 1.71 bits per heavy atom. The number of fused-ring (bicyclic) bond motifs is 2. The highest BCUT2D eigenvalue weighted by Gasteiger charge is 2.22. The quantitative estimate of drug-likeness (QED) is 0.391. The Hall–Kier alpha value is -3.84. The Kier molecular flexibility index (Phi) is 5.01. The van der Waals surface area contributed by atoms with Crippen molar-refractivity contribution in [2.24, 2.45) is 0 Å². The van der Waals surface area contributed by atoms with Crippen LogP contribution in [0.25, 0.3) is 21.3 Å².